The van der Waals surface area contributed by atoms with Crippen molar-refractivity contribution in [1.29, 1.82) is 0 Å². The number of imidazole rings is 1. The zero-order valence-corrected chi connectivity index (χ0v) is 14.9. The van der Waals surface area contributed by atoms with Crippen LogP contribution in [0.15, 0.2) is 67.3 Å². The summed E-state index contributed by atoms with van der Waals surface area (Å²) in [4.78, 5) is 27.9. The van der Waals surface area contributed by atoms with E-state index in [1.54, 1.807) is 12.5 Å². The van der Waals surface area contributed by atoms with Crippen LogP contribution in [0, 0.1) is 6.92 Å². The highest BCUT2D eigenvalue weighted by molar-refractivity contribution is 5.91. The zero-order chi connectivity index (χ0) is 19.2. The second-order valence-electron chi connectivity index (χ2n) is 6.19. The quantitative estimate of drug-likeness (QED) is 0.627. The number of carbonyl (C=O) groups excluding carboxylic acids is 2. The Hall–Kier alpha value is -3.61. The number of primary amides is 1. The average Bonchev–Trinajstić information content (AvgIpc) is 3.16. The van der Waals surface area contributed by atoms with E-state index >= 15 is 0 Å². The van der Waals surface area contributed by atoms with Gasteiger partial charge in [0.25, 0.3) is 0 Å². The number of aryl methyl sites for hydroxylation is 1. The first-order valence-corrected chi connectivity index (χ1v) is 8.52. The Kier molecular flexibility index (Phi) is 5.51. The number of nitrogens with one attached hydrogen (secondary N) is 2. The zero-order valence-electron chi connectivity index (χ0n) is 14.9. The lowest BCUT2D eigenvalue weighted by atomic mass is 9.98. The molecule has 0 aliphatic heterocycles. The molecule has 7 nitrogen and oxygen atoms in total. The Balaban J connectivity index is 1.69. The number of amides is 3. The molecule has 1 unspecified atom stereocenters. The molecule has 1 aromatic heterocycles. The van der Waals surface area contributed by atoms with Gasteiger partial charge in [0.2, 0.25) is 5.91 Å². The summed E-state index contributed by atoms with van der Waals surface area (Å²) >= 11 is 0. The van der Waals surface area contributed by atoms with Gasteiger partial charge in [0.05, 0.1) is 18.8 Å². The first-order valence-electron chi connectivity index (χ1n) is 8.52. The van der Waals surface area contributed by atoms with Crippen LogP contribution in [0.25, 0.3) is 5.69 Å². The maximum Gasteiger partial charge on any atom is 0.312 e. The van der Waals surface area contributed by atoms with E-state index in [1.807, 2.05) is 66.2 Å². The van der Waals surface area contributed by atoms with Crippen LogP contribution in [0.4, 0.5) is 10.5 Å². The Morgan fingerprint density at radius 1 is 1.15 bits per heavy atom. The number of hydrogen-bond acceptors (Lipinski definition) is 3. The molecule has 4 N–H and O–H groups in total. The molecule has 0 saturated carbocycles. The molecule has 1 atom stereocenters. The molecule has 1 heterocycles. The lowest BCUT2D eigenvalue weighted by Crippen LogP contribution is -2.35. The van der Waals surface area contributed by atoms with E-state index in [0.29, 0.717) is 5.69 Å². The molecular formula is C20H21N5O2. The molecule has 0 radical (unpaired) electrons. The van der Waals surface area contributed by atoms with Crippen molar-refractivity contribution >= 4 is 17.6 Å². The van der Waals surface area contributed by atoms with E-state index in [4.69, 9.17) is 5.73 Å². The van der Waals surface area contributed by atoms with Crippen LogP contribution < -0.4 is 16.4 Å². The van der Waals surface area contributed by atoms with Crippen molar-refractivity contribution in [3.8, 4) is 5.69 Å². The van der Waals surface area contributed by atoms with Gasteiger partial charge in [-0.15, -0.1) is 0 Å². The third kappa shape index (κ3) is 4.72. The van der Waals surface area contributed by atoms with E-state index in [1.165, 1.54) is 0 Å². The summed E-state index contributed by atoms with van der Waals surface area (Å²) in [6.07, 6.45) is 5.33. The van der Waals surface area contributed by atoms with E-state index in [0.717, 1.165) is 16.8 Å². The van der Waals surface area contributed by atoms with Gasteiger partial charge in [0.1, 0.15) is 0 Å². The highest BCUT2D eigenvalue weighted by atomic mass is 16.2. The van der Waals surface area contributed by atoms with Gasteiger partial charge in [-0.2, -0.15) is 0 Å². The van der Waals surface area contributed by atoms with Gasteiger partial charge >= 0.3 is 6.03 Å². The van der Waals surface area contributed by atoms with Crippen LogP contribution in [0.5, 0.6) is 0 Å². The monoisotopic (exact) mass is 363 g/mol. The van der Waals surface area contributed by atoms with Gasteiger partial charge in [-0.3, -0.25) is 4.79 Å². The molecule has 3 aromatic rings. The largest absolute Gasteiger partial charge is 0.352 e. The number of hydrogen-bond donors (Lipinski definition) is 3. The fourth-order valence-electron chi connectivity index (χ4n) is 2.91. The summed E-state index contributed by atoms with van der Waals surface area (Å²) in [5.41, 5.74) is 8.74. The van der Waals surface area contributed by atoms with Crippen molar-refractivity contribution in [1.82, 2.24) is 14.9 Å². The summed E-state index contributed by atoms with van der Waals surface area (Å²) in [6, 6.07) is 13.8. The topological polar surface area (TPSA) is 102 Å². The summed E-state index contributed by atoms with van der Waals surface area (Å²) in [5.74, 6) is -0.215. The number of benzene rings is 2. The first-order chi connectivity index (χ1) is 13.0. The number of nitrogens with two attached hydrogens (primary N) is 1. The molecule has 3 rings (SSSR count). The number of nitrogens with zero attached hydrogens (tertiary/aromatic N) is 2. The molecule has 27 heavy (non-hydrogen) atoms. The van der Waals surface area contributed by atoms with Gasteiger partial charge in [-0.1, -0.05) is 24.3 Å². The highest BCUT2D eigenvalue weighted by Gasteiger charge is 2.19. The minimum Gasteiger partial charge on any atom is -0.352 e. The molecule has 2 aromatic carbocycles. The predicted octanol–water partition coefficient (Wildman–Crippen LogP) is 2.92. The van der Waals surface area contributed by atoms with Crippen molar-refractivity contribution in [3.05, 3.63) is 78.4 Å². The normalized spacial score (nSPS) is 11.6. The number of aromatic nitrogens is 2. The van der Waals surface area contributed by atoms with Gasteiger partial charge in [-0.25, -0.2) is 9.78 Å². The fourth-order valence-corrected chi connectivity index (χ4v) is 2.91. The minimum absolute atomic E-state index is 0.0804. The Morgan fingerprint density at radius 3 is 2.52 bits per heavy atom. The van der Waals surface area contributed by atoms with Crippen LogP contribution >= 0.6 is 0 Å². The molecular weight excluding hydrogens is 342 g/mol. The van der Waals surface area contributed by atoms with Crippen molar-refractivity contribution in [2.24, 2.45) is 5.73 Å². The predicted molar refractivity (Wildman–Crippen MR) is 103 cm³/mol. The molecule has 0 aliphatic carbocycles. The number of carbonyl (C=O) groups is 2. The van der Waals surface area contributed by atoms with Crippen molar-refractivity contribution in [3.63, 3.8) is 0 Å². The molecule has 3 amide bonds. The summed E-state index contributed by atoms with van der Waals surface area (Å²) < 4.78 is 1.87. The molecule has 0 spiro atoms. The van der Waals surface area contributed by atoms with E-state index in [-0.39, 0.29) is 12.3 Å². The lowest BCUT2D eigenvalue weighted by Gasteiger charge is -2.19. The van der Waals surface area contributed by atoms with Gasteiger partial charge in [0, 0.05) is 23.8 Å². The standard InChI is InChI=1S/C20H21N5O2/c1-14-4-2-3-5-17(14)18(24-20(21)27)12-19(26)23-15-6-8-16(9-7-15)25-11-10-22-13-25/h2-11,13,18H,12H2,1H3,(H,23,26)(H3,21,24,27). The number of rotatable bonds is 6. The molecule has 0 saturated heterocycles. The van der Waals surface area contributed by atoms with Crippen LogP contribution in [-0.2, 0) is 4.79 Å². The highest BCUT2D eigenvalue weighted by Crippen LogP contribution is 2.21. The van der Waals surface area contributed by atoms with E-state index in [2.05, 4.69) is 15.6 Å². The van der Waals surface area contributed by atoms with Crippen LogP contribution in [0.1, 0.15) is 23.6 Å². The molecule has 0 aliphatic rings. The first kappa shape index (κ1) is 18.2. The molecule has 0 fully saturated rings. The van der Waals surface area contributed by atoms with Gasteiger partial charge < -0.3 is 20.9 Å². The Bertz CT molecular complexity index is 920. The second-order valence-corrected chi connectivity index (χ2v) is 6.19. The summed E-state index contributed by atoms with van der Waals surface area (Å²) in [5, 5.41) is 5.50. The average molecular weight is 363 g/mol. The summed E-state index contributed by atoms with van der Waals surface area (Å²) in [6.45, 7) is 1.93. The number of urea groups is 1. The molecule has 138 valence electrons. The fraction of sp³-hybridized carbons (Fsp3) is 0.150. The van der Waals surface area contributed by atoms with Crippen molar-refractivity contribution in [2.45, 2.75) is 19.4 Å². The van der Waals surface area contributed by atoms with E-state index < -0.39 is 12.1 Å². The lowest BCUT2D eigenvalue weighted by molar-refractivity contribution is -0.116. The van der Waals surface area contributed by atoms with E-state index in [9.17, 15) is 9.59 Å². The van der Waals surface area contributed by atoms with Gasteiger partial charge in [0.15, 0.2) is 0 Å². The van der Waals surface area contributed by atoms with Gasteiger partial charge in [-0.05, 0) is 42.3 Å². The third-order valence-electron chi connectivity index (χ3n) is 4.22. The molecule has 0 bridgehead atoms. The van der Waals surface area contributed by atoms with Crippen LogP contribution in [-0.4, -0.2) is 21.5 Å². The van der Waals surface area contributed by atoms with Crippen molar-refractivity contribution < 1.29 is 9.59 Å². The van der Waals surface area contributed by atoms with Crippen molar-refractivity contribution in [2.75, 3.05) is 5.32 Å². The number of anilines is 1. The smallest absolute Gasteiger partial charge is 0.312 e. The van der Waals surface area contributed by atoms with Crippen LogP contribution in [0.2, 0.25) is 0 Å². The third-order valence-corrected chi connectivity index (χ3v) is 4.22. The second kappa shape index (κ2) is 8.18. The maximum absolute atomic E-state index is 12.5. The SMILES string of the molecule is Cc1ccccc1C(CC(=O)Nc1ccc(-n2ccnc2)cc1)NC(N)=O. The summed E-state index contributed by atoms with van der Waals surface area (Å²) in [7, 11) is 0. The van der Waals surface area contributed by atoms with Crippen LogP contribution in [0.3, 0.4) is 0 Å². The Labute approximate surface area is 157 Å². The minimum atomic E-state index is -0.666. The maximum atomic E-state index is 12.5. The Morgan fingerprint density at radius 2 is 1.89 bits per heavy atom. The molecule has 7 heteroatoms.